The lowest BCUT2D eigenvalue weighted by atomic mass is 10.0. The third-order valence-electron chi connectivity index (χ3n) is 1.49. The number of aliphatic hydroxyl groups excluding tert-OH is 1. The molecule has 0 aromatic carbocycles. The first kappa shape index (κ1) is 9.55. The molecule has 1 heterocycles. The lowest BCUT2D eigenvalue weighted by Gasteiger charge is -2.31. The summed E-state index contributed by atoms with van der Waals surface area (Å²) in [4.78, 5) is 21.3. The van der Waals surface area contributed by atoms with Crippen molar-refractivity contribution in [2.75, 3.05) is 6.61 Å². The fourth-order valence-corrected chi connectivity index (χ4v) is 0.934. The Balaban J connectivity index is 2.51. The minimum absolute atomic E-state index is 0.279. The van der Waals surface area contributed by atoms with Crippen molar-refractivity contribution in [2.24, 2.45) is 0 Å². The van der Waals surface area contributed by atoms with Crippen molar-refractivity contribution in [1.29, 1.82) is 0 Å². The van der Waals surface area contributed by atoms with Gasteiger partial charge in [-0.05, 0) is 0 Å². The second kappa shape index (κ2) is 3.92. The highest BCUT2D eigenvalue weighted by molar-refractivity contribution is 5.91. The Morgan fingerprint density at radius 2 is 2.46 bits per heavy atom. The van der Waals surface area contributed by atoms with E-state index in [4.69, 9.17) is 5.11 Å². The number of hydrogen-bond acceptors (Lipinski definition) is 4. The number of ether oxygens (including phenoxy) is 1. The van der Waals surface area contributed by atoms with Gasteiger partial charge in [0.15, 0.2) is 0 Å². The summed E-state index contributed by atoms with van der Waals surface area (Å²) in [6.07, 6.45) is -0.823. The predicted octanol–water partition coefficient (Wildman–Crippen LogP) is -1.59. The van der Waals surface area contributed by atoms with Gasteiger partial charge >= 0.3 is 5.97 Å². The van der Waals surface area contributed by atoms with Gasteiger partial charge in [-0.1, -0.05) is 11.8 Å². The molecule has 0 spiro atoms. The normalized spacial score (nSPS) is 24.9. The molecule has 0 aromatic rings. The zero-order chi connectivity index (χ0) is 9.84. The molecule has 13 heavy (non-hydrogen) atoms. The van der Waals surface area contributed by atoms with E-state index in [0.29, 0.717) is 0 Å². The second-order valence-electron chi connectivity index (χ2n) is 2.50. The Hall–Kier alpha value is -1.54. The fraction of sp³-hybridized carbons (Fsp3) is 0.500. The first-order valence-electron chi connectivity index (χ1n) is 3.72. The summed E-state index contributed by atoms with van der Waals surface area (Å²) in [5.74, 6) is 4.05. The van der Waals surface area contributed by atoms with Crippen LogP contribution in [0.1, 0.15) is 6.92 Å². The van der Waals surface area contributed by atoms with E-state index in [1.54, 1.807) is 0 Å². The number of hydrogen-bond donors (Lipinski definition) is 2. The molecule has 1 rings (SSSR count). The molecule has 0 bridgehead atoms. The van der Waals surface area contributed by atoms with Gasteiger partial charge in [-0.15, -0.1) is 0 Å². The molecule has 0 radical (unpaired) electrons. The molecule has 1 fully saturated rings. The predicted molar refractivity (Wildman–Crippen MR) is 42.3 cm³/mol. The number of aliphatic hydroxyl groups is 1. The van der Waals surface area contributed by atoms with E-state index in [-0.39, 0.29) is 12.5 Å². The minimum atomic E-state index is -0.823. The van der Waals surface area contributed by atoms with Crippen LogP contribution in [0.15, 0.2) is 0 Å². The summed E-state index contributed by atoms with van der Waals surface area (Å²) in [7, 11) is 0. The van der Waals surface area contributed by atoms with Crippen LogP contribution >= 0.6 is 0 Å². The van der Waals surface area contributed by atoms with Crippen LogP contribution in [0.4, 0.5) is 0 Å². The van der Waals surface area contributed by atoms with E-state index in [2.05, 4.69) is 21.9 Å². The van der Waals surface area contributed by atoms with E-state index in [9.17, 15) is 9.59 Å². The number of carbonyl (C=O) groups excluding carboxylic acids is 2. The molecule has 1 aliphatic heterocycles. The minimum Gasteiger partial charge on any atom is -0.449 e. The molecule has 1 saturated heterocycles. The second-order valence-corrected chi connectivity index (χ2v) is 2.50. The van der Waals surface area contributed by atoms with Crippen molar-refractivity contribution in [2.45, 2.75) is 19.1 Å². The molecule has 5 heteroatoms. The van der Waals surface area contributed by atoms with Gasteiger partial charge in [-0.25, -0.2) is 0 Å². The fourth-order valence-electron chi connectivity index (χ4n) is 0.934. The zero-order valence-corrected chi connectivity index (χ0v) is 7.03. The molecule has 2 atom stereocenters. The van der Waals surface area contributed by atoms with Gasteiger partial charge in [0, 0.05) is 6.92 Å². The van der Waals surface area contributed by atoms with Crippen molar-refractivity contribution in [1.82, 2.24) is 5.32 Å². The Morgan fingerprint density at radius 1 is 1.77 bits per heavy atom. The summed E-state index contributed by atoms with van der Waals surface area (Å²) in [6, 6.07) is -0.483. The third-order valence-corrected chi connectivity index (χ3v) is 1.49. The van der Waals surface area contributed by atoms with Crippen LogP contribution in [0.3, 0.4) is 0 Å². The lowest BCUT2D eigenvalue weighted by molar-refractivity contribution is -0.162. The Kier molecular flexibility index (Phi) is 2.88. The van der Waals surface area contributed by atoms with Crippen LogP contribution in [-0.2, 0) is 14.3 Å². The number of β-lactam (4-membered cyclic amide) rings is 1. The van der Waals surface area contributed by atoms with Gasteiger partial charge in [0.2, 0.25) is 6.10 Å². The van der Waals surface area contributed by atoms with E-state index in [0.717, 1.165) is 0 Å². The molecule has 0 aliphatic carbocycles. The SMILES string of the molecule is CC(=O)O[C@H]1C(=O)N[C@H]1C#CCO. The quantitative estimate of drug-likeness (QED) is 0.292. The first-order chi connectivity index (χ1) is 6.15. The van der Waals surface area contributed by atoms with Crippen LogP contribution in [-0.4, -0.2) is 35.7 Å². The van der Waals surface area contributed by atoms with Crippen molar-refractivity contribution in [3.8, 4) is 11.8 Å². The standard InChI is InChI=1S/C8H9NO4/c1-5(11)13-7-6(3-2-4-10)9-8(7)12/h6-7,10H,4H2,1H3,(H,9,12)/t6-,7+/m0/s1. The largest absolute Gasteiger partial charge is 0.449 e. The first-order valence-corrected chi connectivity index (χ1v) is 3.72. The molecule has 70 valence electrons. The molecule has 0 aromatic heterocycles. The molecular formula is C8H9NO4. The highest BCUT2D eigenvalue weighted by Crippen LogP contribution is 2.09. The molecule has 1 amide bonds. The highest BCUT2D eigenvalue weighted by Gasteiger charge is 2.40. The molecule has 1 aliphatic rings. The zero-order valence-electron chi connectivity index (χ0n) is 7.03. The Bertz CT molecular complexity index is 288. The Morgan fingerprint density at radius 3 is 2.92 bits per heavy atom. The maximum absolute atomic E-state index is 10.8. The van der Waals surface area contributed by atoms with E-state index in [1.165, 1.54) is 6.92 Å². The van der Waals surface area contributed by atoms with Gasteiger partial charge in [-0.2, -0.15) is 0 Å². The van der Waals surface area contributed by atoms with Gasteiger partial charge in [0.1, 0.15) is 12.6 Å². The monoisotopic (exact) mass is 183 g/mol. The number of amides is 1. The van der Waals surface area contributed by atoms with Crippen molar-refractivity contribution in [3.05, 3.63) is 0 Å². The average molecular weight is 183 g/mol. The lowest BCUT2D eigenvalue weighted by Crippen LogP contribution is -2.63. The smallest absolute Gasteiger partial charge is 0.303 e. The van der Waals surface area contributed by atoms with Gasteiger partial charge in [-0.3, -0.25) is 9.59 Å². The topological polar surface area (TPSA) is 75.6 Å². The number of rotatable bonds is 1. The van der Waals surface area contributed by atoms with E-state index in [1.807, 2.05) is 0 Å². The maximum atomic E-state index is 10.8. The van der Waals surface area contributed by atoms with Crippen molar-refractivity contribution >= 4 is 11.9 Å². The van der Waals surface area contributed by atoms with Crippen LogP contribution in [0, 0.1) is 11.8 Å². The highest BCUT2D eigenvalue weighted by atomic mass is 16.6. The molecule has 2 N–H and O–H groups in total. The van der Waals surface area contributed by atoms with Crippen LogP contribution in [0.2, 0.25) is 0 Å². The van der Waals surface area contributed by atoms with Crippen molar-refractivity contribution < 1.29 is 19.4 Å². The number of carbonyl (C=O) groups is 2. The van der Waals surface area contributed by atoms with Gasteiger partial charge < -0.3 is 15.2 Å². The molecule has 0 unspecified atom stereocenters. The number of esters is 1. The average Bonchev–Trinajstić information content (AvgIpc) is 2.08. The van der Waals surface area contributed by atoms with E-state index < -0.39 is 18.1 Å². The number of nitrogens with one attached hydrogen (secondary N) is 1. The summed E-state index contributed by atoms with van der Waals surface area (Å²) in [5, 5.41) is 10.8. The maximum Gasteiger partial charge on any atom is 0.303 e. The van der Waals surface area contributed by atoms with Crippen LogP contribution < -0.4 is 5.32 Å². The van der Waals surface area contributed by atoms with Crippen LogP contribution in [0.5, 0.6) is 0 Å². The van der Waals surface area contributed by atoms with Gasteiger partial charge in [0.25, 0.3) is 5.91 Å². The third kappa shape index (κ3) is 2.20. The molecular weight excluding hydrogens is 174 g/mol. The molecule has 0 saturated carbocycles. The summed E-state index contributed by atoms with van der Waals surface area (Å²) in [6.45, 7) is 0.946. The van der Waals surface area contributed by atoms with Crippen molar-refractivity contribution in [3.63, 3.8) is 0 Å². The Labute approximate surface area is 75.1 Å². The molecule has 5 nitrogen and oxygen atoms in total. The summed E-state index contributed by atoms with van der Waals surface area (Å²) >= 11 is 0. The van der Waals surface area contributed by atoms with Gasteiger partial charge in [0.05, 0.1) is 0 Å². The summed E-state index contributed by atoms with van der Waals surface area (Å²) < 4.78 is 4.67. The summed E-state index contributed by atoms with van der Waals surface area (Å²) in [5.41, 5.74) is 0. The van der Waals surface area contributed by atoms with E-state index >= 15 is 0 Å². The van der Waals surface area contributed by atoms with Crippen LogP contribution in [0.25, 0.3) is 0 Å².